The van der Waals surface area contributed by atoms with Crippen LogP contribution >= 0.6 is 0 Å². The second-order valence-corrected chi connectivity index (χ2v) is 3.55. The molecule has 1 atom stereocenters. The molecule has 0 aliphatic rings. The van der Waals surface area contributed by atoms with E-state index in [1.165, 1.54) is 0 Å². The van der Waals surface area contributed by atoms with Crippen molar-refractivity contribution < 1.29 is 9.53 Å². The molecule has 4 nitrogen and oxygen atoms in total. The van der Waals surface area contributed by atoms with Gasteiger partial charge in [-0.25, -0.2) is 0 Å². The van der Waals surface area contributed by atoms with E-state index in [9.17, 15) is 4.79 Å². The van der Waals surface area contributed by atoms with Crippen LogP contribution in [0.2, 0.25) is 0 Å². The second kappa shape index (κ2) is 6.12. The van der Waals surface area contributed by atoms with Crippen LogP contribution in [0.3, 0.4) is 0 Å². The SMILES string of the molecule is CNCc1cccc(OC(C)C(=O)NC)c1. The minimum atomic E-state index is -0.477. The fourth-order valence-electron chi connectivity index (χ4n) is 1.39. The highest BCUT2D eigenvalue weighted by atomic mass is 16.5. The van der Waals surface area contributed by atoms with Crippen LogP contribution in [0.25, 0.3) is 0 Å². The molecule has 1 aromatic carbocycles. The topological polar surface area (TPSA) is 50.4 Å². The summed E-state index contributed by atoms with van der Waals surface area (Å²) in [5, 5.41) is 5.61. The van der Waals surface area contributed by atoms with Crippen molar-refractivity contribution in [3.8, 4) is 5.75 Å². The molecular formula is C12H18N2O2. The summed E-state index contributed by atoms with van der Waals surface area (Å²) in [5.74, 6) is 0.586. The number of nitrogens with one attached hydrogen (secondary N) is 2. The van der Waals surface area contributed by atoms with Crippen LogP contribution in [-0.4, -0.2) is 26.1 Å². The lowest BCUT2D eigenvalue weighted by atomic mass is 10.2. The van der Waals surface area contributed by atoms with E-state index in [0.717, 1.165) is 12.1 Å². The normalized spacial score (nSPS) is 11.9. The molecule has 0 radical (unpaired) electrons. The van der Waals surface area contributed by atoms with E-state index in [2.05, 4.69) is 10.6 Å². The van der Waals surface area contributed by atoms with Gasteiger partial charge in [-0.1, -0.05) is 12.1 Å². The third-order valence-electron chi connectivity index (χ3n) is 2.21. The second-order valence-electron chi connectivity index (χ2n) is 3.55. The summed E-state index contributed by atoms with van der Waals surface area (Å²) in [6.45, 7) is 2.51. The molecule has 1 amide bonds. The van der Waals surface area contributed by atoms with E-state index in [4.69, 9.17) is 4.74 Å². The lowest BCUT2D eigenvalue weighted by molar-refractivity contribution is -0.126. The molecule has 1 unspecified atom stereocenters. The van der Waals surface area contributed by atoms with Crippen molar-refractivity contribution in [3.63, 3.8) is 0 Å². The lowest BCUT2D eigenvalue weighted by Crippen LogP contribution is -2.33. The minimum Gasteiger partial charge on any atom is -0.481 e. The van der Waals surface area contributed by atoms with Gasteiger partial charge in [0.25, 0.3) is 5.91 Å². The Morgan fingerprint density at radius 1 is 1.44 bits per heavy atom. The number of amides is 1. The van der Waals surface area contributed by atoms with Crippen molar-refractivity contribution in [3.05, 3.63) is 29.8 Å². The van der Waals surface area contributed by atoms with E-state index in [0.29, 0.717) is 5.75 Å². The van der Waals surface area contributed by atoms with Crippen LogP contribution in [0.1, 0.15) is 12.5 Å². The number of ether oxygens (including phenoxy) is 1. The van der Waals surface area contributed by atoms with Crippen LogP contribution in [0.5, 0.6) is 5.75 Å². The summed E-state index contributed by atoms with van der Waals surface area (Å²) in [6, 6.07) is 7.70. The van der Waals surface area contributed by atoms with Gasteiger partial charge in [-0.15, -0.1) is 0 Å². The van der Waals surface area contributed by atoms with E-state index in [-0.39, 0.29) is 5.91 Å². The molecule has 0 bridgehead atoms. The predicted octanol–water partition coefficient (Wildman–Crippen LogP) is 0.919. The zero-order valence-electron chi connectivity index (χ0n) is 9.91. The predicted molar refractivity (Wildman–Crippen MR) is 63.4 cm³/mol. The Labute approximate surface area is 96.0 Å². The quantitative estimate of drug-likeness (QED) is 0.779. The molecule has 88 valence electrons. The third kappa shape index (κ3) is 3.55. The Kier molecular flexibility index (Phi) is 4.79. The molecule has 1 rings (SSSR count). The van der Waals surface area contributed by atoms with Gasteiger partial charge in [-0.3, -0.25) is 4.79 Å². The van der Waals surface area contributed by atoms with Crippen molar-refractivity contribution in [2.45, 2.75) is 19.6 Å². The summed E-state index contributed by atoms with van der Waals surface area (Å²) < 4.78 is 5.51. The fourth-order valence-corrected chi connectivity index (χ4v) is 1.39. The van der Waals surface area contributed by atoms with Gasteiger partial charge in [0.2, 0.25) is 0 Å². The van der Waals surface area contributed by atoms with Crippen LogP contribution in [-0.2, 0) is 11.3 Å². The number of likely N-dealkylation sites (N-methyl/N-ethyl adjacent to an activating group) is 1. The fraction of sp³-hybridized carbons (Fsp3) is 0.417. The number of hydrogen-bond acceptors (Lipinski definition) is 3. The molecule has 0 saturated carbocycles. The Morgan fingerprint density at radius 3 is 2.81 bits per heavy atom. The molecule has 0 saturated heterocycles. The molecular weight excluding hydrogens is 204 g/mol. The summed E-state index contributed by atoms with van der Waals surface area (Å²) >= 11 is 0. The number of carbonyl (C=O) groups excluding carboxylic acids is 1. The highest BCUT2D eigenvalue weighted by Crippen LogP contribution is 2.14. The maximum atomic E-state index is 11.3. The van der Waals surface area contributed by atoms with Crippen molar-refractivity contribution in [1.29, 1.82) is 0 Å². The monoisotopic (exact) mass is 222 g/mol. The maximum absolute atomic E-state index is 11.3. The van der Waals surface area contributed by atoms with Gasteiger partial charge in [0.1, 0.15) is 5.75 Å². The van der Waals surface area contributed by atoms with Gasteiger partial charge < -0.3 is 15.4 Å². The molecule has 0 aliphatic carbocycles. The summed E-state index contributed by atoms with van der Waals surface area (Å²) in [4.78, 5) is 11.3. The van der Waals surface area contributed by atoms with Crippen LogP contribution < -0.4 is 15.4 Å². The van der Waals surface area contributed by atoms with Gasteiger partial charge in [-0.05, 0) is 31.7 Å². The smallest absolute Gasteiger partial charge is 0.260 e. The minimum absolute atomic E-state index is 0.126. The zero-order valence-corrected chi connectivity index (χ0v) is 9.91. The molecule has 1 aromatic rings. The van der Waals surface area contributed by atoms with Gasteiger partial charge >= 0.3 is 0 Å². The standard InChI is InChI=1S/C12H18N2O2/c1-9(12(15)14-3)16-11-6-4-5-10(7-11)8-13-2/h4-7,9,13H,8H2,1-3H3,(H,14,15). The van der Waals surface area contributed by atoms with Gasteiger partial charge in [0.05, 0.1) is 0 Å². The molecule has 0 aromatic heterocycles. The summed E-state index contributed by atoms with van der Waals surface area (Å²) in [5.41, 5.74) is 1.13. The van der Waals surface area contributed by atoms with Crippen molar-refractivity contribution in [2.75, 3.05) is 14.1 Å². The van der Waals surface area contributed by atoms with Crippen LogP contribution in [0, 0.1) is 0 Å². The first-order valence-corrected chi connectivity index (χ1v) is 5.29. The first-order valence-electron chi connectivity index (χ1n) is 5.29. The van der Waals surface area contributed by atoms with Crippen LogP contribution in [0.4, 0.5) is 0 Å². The van der Waals surface area contributed by atoms with E-state index >= 15 is 0 Å². The average molecular weight is 222 g/mol. The number of rotatable bonds is 5. The molecule has 0 aliphatic heterocycles. The van der Waals surface area contributed by atoms with Gasteiger partial charge in [0, 0.05) is 13.6 Å². The van der Waals surface area contributed by atoms with E-state index in [1.807, 2.05) is 31.3 Å². The van der Waals surface area contributed by atoms with Crippen molar-refractivity contribution in [1.82, 2.24) is 10.6 Å². The number of hydrogen-bond donors (Lipinski definition) is 2. The molecule has 4 heteroatoms. The highest BCUT2D eigenvalue weighted by molar-refractivity contribution is 5.80. The van der Waals surface area contributed by atoms with E-state index in [1.54, 1.807) is 14.0 Å². The van der Waals surface area contributed by atoms with Crippen molar-refractivity contribution >= 4 is 5.91 Å². The van der Waals surface area contributed by atoms with Gasteiger partial charge in [-0.2, -0.15) is 0 Å². The lowest BCUT2D eigenvalue weighted by Gasteiger charge is -2.13. The summed E-state index contributed by atoms with van der Waals surface area (Å²) in [6.07, 6.45) is -0.477. The molecule has 0 heterocycles. The first kappa shape index (κ1) is 12.5. The Hall–Kier alpha value is -1.55. The average Bonchev–Trinajstić information content (AvgIpc) is 2.29. The highest BCUT2D eigenvalue weighted by Gasteiger charge is 2.12. The number of benzene rings is 1. The van der Waals surface area contributed by atoms with Crippen LogP contribution in [0.15, 0.2) is 24.3 Å². The van der Waals surface area contributed by atoms with Crippen molar-refractivity contribution in [2.24, 2.45) is 0 Å². The Morgan fingerprint density at radius 2 is 2.19 bits per heavy atom. The molecule has 2 N–H and O–H groups in total. The largest absolute Gasteiger partial charge is 0.481 e. The number of carbonyl (C=O) groups is 1. The zero-order chi connectivity index (χ0) is 12.0. The van der Waals surface area contributed by atoms with Gasteiger partial charge in [0.15, 0.2) is 6.10 Å². The molecule has 16 heavy (non-hydrogen) atoms. The van der Waals surface area contributed by atoms with E-state index < -0.39 is 6.10 Å². The third-order valence-corrected chi connectivity index (χ3v) is 2.21. The maximum Gasteiger partial charge on any atom is 0.260 e. The summed E-state index contributed by atoms with van der Waals surface area (Å²) in [7, 11) is 3.49. The molecule has 0 spiro atoms. The first-order chi connectivity index (χ1) is 7.67. The molecule has 0 fully saturated rings. The Balaban J connectivity index is 2.66. The Bertz CT molecular complexity index is 353.